The molecule has 3 heterocycles. The molecule has 2 aromatic heterocycles. The SMILES string of the molecule is Cc1cccc(NC(=O)CCN2C(=S)NC(c3ccccn3)C2c2cc(C)n(-c3ccc(Br)cc3)c2C)c1. The van der Waals surface area contributed by atoms with Crippen LogP contribution in [0.3, 0.4) is 0 Å². The minimum absolute atomic E-state index is 0.0428. The predicted octanol–water partition coefficient (Wildman–Crippen LogP) is 6.56. The van der Waals surface area contributed by atoms with Gasteiger partial charge in [-0.05, 0) is 98.7 Å². The Bertz CT molecular complexity index is 1470. The zero-order chi connectivity index (χ0) is 26.8. The first kappa shape index (κ1) is 26.1. The molecule has 1 amide bonds. The highest BCUT2D eigenvalue weighted by atomic mass is 79.9. The molecule has 1 aliphatic rings. The first-order valence-corrected chi connectivity index (χ1v) is 13.8. The maximum absolute atomic E-state index is 12.9. The van der Waals surface area contributed by atoms with Crippen LogP contribution in [0.15, 0.2) is 83.5 Å². The fourth-order valence-corrected chi connectivity index (χ4v) is 5.82. The number of carbonyl (C=O) groups excluding carboxylic acids is 1. The smallest absolute Gasteiger partial charge is 0.226 e. The fraction of sp³-hybridized carbons (Fsp3) is 0.233. The molecule has 0 spiro atoms. The molecule has 2 unspecified atom stereocenters. The molecule has 2 atom stereocenters. The second kappa shape index (κ2) is 11.1. The molecule has 38 heavy (non-hydrogen) atoms. The van der Waals surface area contributed by atoms with Gasteiger partial charge in [0.2, 0.25) is 5.91 Å². The van der Waals surface area contributed by atoms with Gasteiger partial charge in [-0.3, -0.25) is 9.78 Å². The summed E-state index contributed by atoms with van der Waals surface area (Å²) in [6, 6.07) is 24.1. The second-order valence-electron chi connectivity index (χ2n) is 9.63. The molecule has 4 aromatic rings. The molecule has 0 bridgehead atoms. The molecule has 2 N–H and O–H groups in total. The summed E-state index contributed by atoms with van der Waals surface area (Å²) in [6.07, 6.45) is 2.12. The quantitative estimate of drug-likeness (QED) is 0.240. The van der Waals surface area contributed by atoms with Crippen molar-refractivity contribution in [2.45, 2.75) is 39.3 Å². The van der Waals surface area contributed by atoms with Gasteiger partial charge in [-0.15, -0.1) is 0 Å². The number of aryl methyl sites for hydroxylation is 2. The largest absolute Gasteiger partial charge is 0.352 e. The fourth-order valence-electron chi connectivity index (χ4n) is 5.23. The van der Waals surface area contributed by atoms with E-state index >= 15 is 0 Å². The van der Waals surface area contributed by atoms with Crippen molar-refractivity contribution < 1.29 is 4.79 Å². The zero-order valence-electron chi connectivity index (χ0n) is 21.6. The number of pyridine rings is 1. The lowest BCUT2D eigenvalue weighted by Gasteiger charge is -2.28. The maximum Gasteiger partial charge on any atom is 0.226 e. The van der Waals surface area contributed by atoms with Crippen molar-refractivity contribution >= 4 is 44.9 Å². The Morgan fingerprint density at radius 3 is 2.55 bits per heavy atom. The normalized spacial score (nSPS) is 16.9. The number of hydrogen-bond acceptors (Lipinski definition) is 3. The molecule has 1 aliphatic heterocycles. The summed E-state index contributed by atoms with van der Waals surface area (Å²) in [5.74, 6) is -0.0428. The topological polar surface area (TPSA) is 62.2 Å². The van der Waals surface area contributed by atoms with Gasteiger partial charge >= 0.3 is 0 Å². The Kier molecular flexibility index (Phi) is 7.63. The van der Waals surface area contributed by atoms with Crippen molar-refractivity contribution in [3.8, 4) is 5.69 Å². The zero-order valence-corrected chi connectivity index (χ0v) is 24.0. The van der Waals surface area contributed by atoms with Crippen LogP contribution in [0.2, 0.25) is 0 Å². The van der Waals surface area contributed by atoms with Crippen molar-refractivity contribution in [3.63, 3.8) is 0 Å². The van der Waals surface area contributed by atoms with Gasteiger partial charge in [0.15, 0.2) is 5.11 Å². The van der Waals surface area contributed by atoms with Crippen LogP contribution in [0.1, 0.15) is 46.7 Å². The van der Waals surface area contributed by atoms with E-state index in [2.05, 4.69) is 85.2 Å². The highest BCUT2D eigenvalue weighted by molar-refractivity contribution is 9.10. The van der Waals surface area contributed by atoms with Crippen molar-refractivity contribution in [1.29, 1.82) is 0 Å². The standard InChI is InChI=1S/C30H30BrN5OS/c1-19-7-6-8-23(17-19)33-27(37)14-16-35-29(28(34-30(35)38)26-9-4-5-15-32-26)25-18-20(2)36(21(25)3)24-12-10-22(31)11-13-24/h4-13,15,17-18,28-29H,14,16H2,1-3H3,(H,33,37)(H,34,38). The summed E-state index contributed by atoms with van der Waals surface area (Å²) in [7, 11) is 0. The van der Waals surface area contributed by atoms with Crippen molar-refractivity contribution in [2.75, 3.05) is 11.9 Å². The molecule has 0 saturated carbocycles. The molecule has 2 aromatic carbocycles. The molecular weight excluding hydrogens is 558 g/mol. The Hall–Kier alpha value is -3.49. The first-order valence-electron chi connectivity index (χ1n) is 12.6. The Morgan fingerprint density at radius 2 is 1.84 bits per heavy atom. The summed E-state index contributed by atoms with van der Waals surface area (Å²) in [5, 5.41) is 7.15. The van der Waals surface area contributed by atoms with Gasteiger partial charge in [0, 0.05) is 46.4 Å². The van der Waals surface area contributed by atoms with E-state index in [1.54, 1.807) is 6.20 Å². The summed E-state index contributed by atoms with van der Waals surface area (Å²) in [6.45, 7) is 6.76. The van der Waals surface area contributed by atoms with E-state index in [0.717, 1.165) is 44.1 Å². The van der Waals surface area contributed by atoms with E-state index in [9.17, 15) is 4.79 Å². The number of halogens is 1. The van der Waals surface area contributed by atoms with Crippen LogP contribution in [-0.2, 0) is 4.79 Å². The van der Waals surface area contributed by atoms with E-state index in [4.69, 9.17) is 12.2 Å². The Balaban J connectivity index is 1.46. The van der Waals surface area contributed by atoms with Crippen LogP contribution >= 0.6 is 28.1 Å². The van der Waals surface area contributed by atoms with Crippen LogP contribution in [0.4, 0.5) is 5.69 Å². The monoisotopic (exact) mass is 587 g/mol. The number of amides is 1. The van der Waals surface area contributed by atoms with Crippen LogP contribution in [-0.4, -0.2) is 32.0 Å². The lowest BCUT2D eigenvalue weighted by Crippen LogP contribution is -2.32. The van der Waals surface area contributed by atoms with E-state index in [1.165, 1.54) is 0 Å². The molecule has 0 aliphatic carbocycles. The Labute approximate surface area is 237 Å². The molecule has 1 fully saturated rings. The maximum atomic E-state index is 12.9. The lowest BCUT2D eigenvalue weighted by molar-refractivity contribution is -0.116. The van der Waals surface area contributed by atoms with Gasteiger partial charge < -0.3 is 20.1 Å². The van der Waals surface area contributed by atoms with Crippen molar-refractivity contribution in [2.24, 2.45) is 0 Å². The van der Waals surface area contributed by atoms with Crippen molar-refractivity contribution in [3.05, 3.63) is 112 Å². The first-order chi connectivity index (χ1) is 18.3. The Morgan fingerprint density at radius 1 is 1.05 bits per heavy atom. The minimum atomic E-state index is -0.137. The van der Waals surface area contributed by atoms with Crippen LogP contribution < -0.4 is 10.6 Å². The number of nitrogens with zero attached hydrogens (tertiary/aromatic N) is 3. The number of rotatable bonds is 7. The van der Waals surface area contributed by atoms with Gasteiger partial charge in [-0.2, -0.15) is 0 Å². The number of benzene rings is 2. The number of nitrogens with one attached hydrogen (secondary N) is 2. The van der Waals surface area contributed by atoms with Crippen LogP contribution in [0.5, 0.6) is 0 Å². The van der Waals surface area contributed by atoms with Gasteiger partial charge in [-0.25, -0.2) is 0 Å². The average Bonchev–Trinajstić information content (AvgIpc) is 3.38. The van der Waals surface area contributed by atoms with Crippen LogP contribution in [0.25, 0.3) is 5.69 Å². The number of carbonyl (C=O) groups is 1. The molecule has 194 valence electrons. The van der Waals surface area contributed by atoms with Crippen LogP contribution in [0, 0.1) is 20.8 Å². The predicted molar refractivity (Wildman–Crippen MR) is 160 cm³/mol. The third-order valence-electron chi connectivity index (χ3n) is 6.95. The average molecular weight is 589 g/mol. The summed E-state index contributed by atoms with van der Waals surface area (Å²) in [5.41, 5.74) is 7.35. The number of aromatic nitrogens is 2. The summed E-state index contributed by atoms with van der Waals surface area (Å²) in [4.78, 5) is 19.7. The third-order valence-corrected chi connectivity index (χ3v) is 7.83. The molecule has 8 heteroatoms. The van der Waals surface area contributed by atoms with E-state index in [-0.39, 0.29) is 18.0 Å². The van der Waals surface area contributed by atoms with Gasteiger partial charge in [0.1, 0.15) is 0 Å². The summed E-state index contributed by atoms with van der Waals surface area (Å²) >= 11 is 9.36. The number of hydrogen-bond donors (Lipinski definition) is 2. The molecule has 6 nitrogen and oxygen atoms in total. The summed E-state index contributed by atoms with van der Waals surface area (Å²) < 4.78 is 3.31. The molecule has 0 radical (unpaired) electrons. The van der Waals surface area contributed by atoms with Gasteiger partial charge in [-0.1, -0.05) is 34.1 Å². The van der Waals surface area contributed by atoms with E-state index < -0.39 is 0 Å². The number of thiocarbonyl (C=S) groups is 1. The molecule has 5 rings (SSSR count). The van der Waals surface area contributed by atoms with E-state index in [1.807, 2.05) is 49.4 Å². The number of anilines is 1. The lowest BCUT2D eigenvalue weighted by atomic mass is 9.96. The molecule has 1 saturated heterocycles. The third kappa shape index (κ3) is 5.37. The highest BCUT2D eigenvalue weighted by Gasteiger charge is 2.41. The van der Waals surface area contributed by atoms with Crippen molar-refractivity contribution in [1.82, 2.24) is 19.8 Å². The second-order valence-corrected chi connectivity index (χ2v) is 10.9. The van der Waals surface area contributed by atoms with E-state index in [0.29, 0.717) is 18.1 Å². The molecular formula is C30H30BrN5OS. The van der Waals surface area contributed by atoms with Gasteiger partial charge in [0.25, 0.3) is 0 Å². The van der Waals surface area contributed by atoms with Gasteiger partial charge in [0.05, 0.1) is 17.8 Å². The highest BCUT2D eigenvalue weighted by Crippen LogP contribution is 2.41. The minimum Gasteiger partial charge on any atom is -0.352 e.